The van der Waals surface area contributed by atoms with Gasteiger partial charge in [0, 0.05) is 30.2 Å². The molecule has 0 amide bonds. The van der Waals surface area contributed by atoms with Crippen molar-refractivity contribution in [1.29, 1.82) is 0 Å². The first-order valence-corrected chi connectivity index (χ1v) is 10.4. The van der Waals surface area contributed by atoms with Gasteiger partial charge in [-0.3, -0.25) is 9.55 Å². The Labute approximate surface area is 171 Å². The molecule has 3 heterocycles. The van der Waals surface area contributed by atoms with Gasteiger partial charge in [0.2, 0.25) is 4.77 Å². The molecule has 1 N–H and O–H groups in total. The standard InChI is InChI=1S/C21H26N6S/c1-2-12-26-20(18-8-10-22-11-9-18)23-27(21(26)28)17-24-13-15-25(16-14-24)19-6-4-3-5-7-19/h3-11H,2,12-17H2,1H3/p+1. The summed E-state index contributed by atoms with van der Waals surface area (Å²) in [5.41, 5.74) is 2.38. The molecule has 146 valence electrons. The Kier molecular flexibility index (Phi) is 5.83. The molecule has 1 aliphatic heterocycles. The molecule has 0 spiro atoms. The average Bonchev–Trinajstić information content (AvgIpc) is 3.06. The summed E-state index contributed by atoms with van der Waals surface area (Å²) in [5, 5.41) is 4.88. The molecular formula is C21H27N6S+. The Bertz CT molecular complexity index is 942. The van der Waals surface area contributed by atoms with E-state index in [9.17, 15) is 0 Å². The van der Waals surface area contributed by atoms with Gasteiger partial charge in [0.15, 0.2) is 12.5 Å². The summed E-state index contributed by atoms with van der Waals surface area (Å²) in [4.78, 5) is 8.10. The van der Waals surface area contributed by atoms with Gasteiger partial charge < -0.3 is 9.80 Å². The molecule has 0 saturated carbocycles. The van der Waals surface area contributed by atoms with E-state index < -0.39 is 0 Å². The number of nitrogens with zero attached hydrogens (tertiary/aromatic N) is 5. The molecule has 0 unspecified atom stereocenters. The molecule has 1 aromatic carbocycles. The molecule has 6 nitrogen and oxygen atoms in total. The number of hydrogen-bond donors (Lipinski definition) is 1. The summed E-state index contributed by atoms with van der Waals surface area (Å²) in [6, 6.07) is 14.7. The number of piperazine rings is 1. The zero-order valence-electron chi connectivity index (χ0n) is 16.3. The van der Waals surface area contributed by atoms with Crippen LogP contribution < -0.4 is 9.80 Å². The number of nitrogens with one attached hydrogen (secondary N) is 1. The van der Waals surface area contributed by atoms with E-state index in [4.69, 9.17) is 17.3 Å². The van der Waals surface area contributed by atoms with Crippen molar-refractivity contribution in [2.45, 2.75) is 26.6 Å². The van der Waals surface area contributed by atoms with Crippen LogP contribution in [-0.4, -0.2) is 45.5 Å². The van der Waals surface area contributed by atoms with Gasteiger partial charge in [-0.05, 0) is 42.9 Å². The van der Waals surface area contributed by atoms with E-state index in [1.807, 2.05) is 29.2 Å². The van der Waals surface area contributed by atoms with Crippen molar-refractivity contribution in [3.05, 3.63) is 59.6 Å². The third-order valence-corrected chi connectivity index (χ3v) is 5.70. The van der Waals surface area contributed by atoms with Crippen LogP contribution in [0.3, 0.4) is 0 Å². The Balaban J connectivity index is 1.49. The number of rotatable bonds is 6. The zero-order chi connectivity index (χ0) is 19.3. The van der Waals surface area contributed by atoms with E-state index >= 15 is 0 Å². The lowest BCUT2D eigenvalue weighted by molar-refractivity contribution is -0.924. The molecule has 1 fully saturated rings. The van der Waals surface area contributed by atoms with Gasteiger partial charge in [0.25, 0.3) is 0 Å². The summed E-state index contributed by atoms with van der Waals surface area (Å²) in [6.07, 6.45) is 4.64. The molecule has 1 saturated heterocycles. The van der Waals surface area contributed by atoms with Crippen LogP contribution in [-0.2, 0) is 13.2 Å². The number of aromatic nitrogens is 4. The van der Waals surface area contributed by atoms with Crippen LogP contribution in [0.4, 0.5) is 5.69 Å². The van der Waals surface area contributed by atoms with Gasteiger partial charge in [0.1, 0.15) is 0 Å². The maximum atomic E-state index is 5.77. The van der Waals surface area contributed by atoms with Crippen LogP contribution in [0.1, 0.15) is 13.3 Å². The molecule has 1 aliphatic rings. The predicted molar refractivity (Wildman–Crippen MR) is 114 cm³/mol. The molecule has 0 bridgehead atoms. The summed E-state index contributed by atoms with van der Waals surface area (Å²) in [7, 11) is 0. The highest BCUT2D eigenvalue weighted by Crippen LogP contribution is 2.18. The van der Waals surface area contributed by atoms with Gasteiger partial charge in [-0.2, -0.15) is 4.68 Å². The van der Waals surface area contributed by atoms with Crippen molar-refractivity contribution in [3.8, 4) is 11.4 Å². The van der Waals surface area contributed by atoms with E-state index in [1.54, 1.807) is 0 Å². The largest absolute Gasteiger partial charge is 0.360 e. The number of benzene rings is 1. The van der Waals surface area contributed by atoms with Gasteiger partial charge >= 0.3 is 0 Å². The second kappa shape index (κ2) is 8.67. The van der Waals surface area contributed by atoms with Crippen molar-refractivity contribution in [2.24, 2.45) is 0 Å². The first kappa shape index (κ1) is 18.8. The lowest BCUT2D eigenvalue weighted by Crippen LogP contribution is -3.14. The van der Waals surface area contributed by atoms with Gasteiger partial charge in [-0.15, -0.1) is 5.10 Å². The molecule has 28 heavy (non-hydrogen) atoms. The SMILES string of the molecule is CCCn1c(-c2ccncc2)nn(C[NH+]2CCN(c3ccccc3)CC2)c1=S. The maximum absolute atomic E-state index is 5.77. The highest BCUT2D eigenvalue weighted by atomic mass is 32.1. The van der Waals surface area contributed by atoms with Crippen LogP contribution in [0.2, 0.25) is 0 Å². The molecule has 0 atom stereocenters. The Hall–Kier alpha value is -2.51. The van der Waals surface area contributed by atoms with Crippen molar-refractivity contribution in [1.82, 2.24) is 19.3 Å². The van der Waals surface area contributed by atoms with Gasteiger partial charge in [-0.25, -0.2) is 0 Å². The molecule has 0 aliphatic carbocycles. The Morgan fingerprint density at radius 1 is 1.04 bits per heavy atom. The van der Waals surface area contributed by atoms with Crippen LogP contribution in [0.25, 0.3) is 11.4 Å². The van der Waals surface area contributed by atoms with Crippen molar-refractivity contribution >= 4 is 17.9 Å². The summed E-state index contributed by atoms with van der Waals surface area (Å²) < 4.78 is 4.98. The maximum Gasteiger partial charge on any atom is 0.203 e. The predicted octanol–water partition coefficient (Wildman–Crippen LogP) is 2.25. The minimum atomic E-state index is 0.812. The third-order valence-electron chi connectivity index (χ3n) is 5.27. The van der Waals surface area contributed by atoms with Crippen molar-refractivity contribution in [3.63, 3.8) is 0 Å². The monoisotopic (exact) mass is 395 g/mol. The van der Waals surface area contributed by atoms with Crippen LogP contribution in [0, 0.1) is 4.77 Å². The fourth-order valence-electron chi connectivity index (χ4n) is 3.77. The second-order valence-electron chi connectivity index (χ2n) is 7.22. The summed E-state index contributed by atoms with van der Waals surface area (Å²) >= 11 is 5.77. The van der Waals surface area contributed by atoms with Crippen LogP contribution >= 0.6 is 12.2 Å². The topological polar surface area (TPSA) is 43.3 Å². The Morgan fingerprint density at radius 3 is 2.43 bits per heavy atom. The minimum Gasteiger partial charge on any atom is -0.360 e. The number of pyridine rings is 1. The summed E-state index contributed by atoms with van der Waals surface area (Å²) in [6.45, 7) is 8.15. The molecule has 2 aromatic heterocycles. The average molecular weight is 396 g/mol. The Morgan fingerprint density at radius 2 is 1.75 bits per heavy atom. The van der Waals surface area contributed by atoms with E-state index in [2.05, 4.69) is 51.7 Å². The molecule has 3 aromatic rings. The van der Waals surface area contributed by atoms with E-state index in [-0.39, 0.29) is 0 Å². The zero-order valence-corrected chi connectivity index (χ0v) is 17.1. The molecular weight excluding hydrogens is 368 g/mol. The van der Waals surface area contributed by atoms with Gasteiger partial charge in [0.05, 0.1) is 26.2 Å². The van der Waals surface area contributed by atoms with Crippen LogP contribution in [0.15, 0.2) is 54.9 Å². The molecule has 0 radical (unpaired) electrons. The normalized spacial score (nSPS) is 15.1. The fraction of sp³-hybridized carbons (Fsp3) is 0.381. The van der Waals surface area contributed by atoms with Crippen LogP contribution in [0.5, 0.6) is 0 Å². The summed E-state index contributed by atoms with van der Waals surface area (Å²) in [5.74, 6) is 0.941. The lowest BCUT2D eigenvalue weighted by Gasteiger charge is -2.33. The van der Waals surface area contributed by atoms with Crippen molar-refractivity contribution < 1.29 is 4.90 Å². The van der Waals surface area contributed by atoms with E-state index in [0.29, 0.717) is 0 Å². The highest BCUT2D eigenvalue weighted by molar-refractivity contribution is 7.71. The van der Waals surface area contributed by atoms with Crippen molar-refractivity contribution in [2.75, 3.05) is 31.1 Å². The number of quaternary nitrogens is 1. The lowest BCUT2D eigenvalue weighted by atomic mass is 10.2. The number of hydrogen-bond acceptors (Lipinski definition) is 4. The van der Waals surface area contributed by atoms with E-state index in [0.717, 1.165) is 62.0 Å². The number of para-hydroxylation sites is 1. The van der Waals surface area contributed by atoms with E-state index in [1.165, 1.54) is 10.6 Å². The molecule has 7 heteroatoms. The third kappa shape index (κ3) is 4.00. The second-order valence-corrected chi connectivity index (χ2v) is 7.59. The molecule has 4 rings (SSSR count). The number of anilines is 1. The fourth-order valence-corrected chi connectivity index (χ4v) is 4.06. The smallest absolute Gasteiger partial charge is 0.203 e. The quantitative estimate of drug-likeness (QED) is 0.650. The first-order chi connectivity index (χ1) is 13.8. The highest BCUT2D eigenvalue weighted by Gasteiger charge is 2.22. The minimum absolute atomic E-state index is 0.812. The van der Waals surface area contributed by atoms with Gasteiger partial charge in [-0.1, -0.05) is 25.1 Å². The first-order valence-electron chi connectivity index (χ1n) is 9.98.